The van der Waals surface area contributed by atoms with Gasteiger partial charge in [-0.1, -0.05) is 263 Å². The van der Waals surface area contributed by atoms with Gasteiger partial charge < -0.3 is 18.0 Å². The summed E-state index contributed by atoms with van der Waals surface area (Å²) in [5.41, 5.74) is 27.3. The fraction of sp³-hybridized carbons (Fsp3) is 0.0316. The summed E-state index contributed by atoms with van der Waals surface area (Å²) >= 11 is 0. The number of fused-ring (bicyclic) bond motifs is 17. The lowest BCUT2D eigenvalue weighted by molar-refractivity contribution is 0.660. The fourth-order valence-corrected chi connectivity index (χ4v) is 15.9. The highest BCUT2D eigenvalue weighted by atomic mass is 16.3. The van der Waals surface area contributed by atoms with Crippen LogP contribution >= 0.6 is 0 Å². The van der Waals surface area contributed by atoms with Crippen molar-refractivity contribution in [2.45, 2.75) is 19.3 Å². The van der Waals surface area contributed by atoms with Crippen molar-refractivity contribution in [1.82, 2.24) is 29.1 Å². The molecule has 14 aromatic carbocycles. The number of para-hydroxylation sites is 4. The van der Waals surface area contributed by atoms with Gasteiger partial charge in [0.15, 0.2) is 11.6 Å². The molecule has 8 heteroatoms. The Morgan fingerprint density at radius 1 is 0.252 bits per heavy atom. The third kappa shape index (κ3) is 9.89. The summed E-state index contributed by atoms with van der Waals surface area (Å²) in [5, 5.41) is 9.09. The first-order chi connectivity index (χ1) is 50.8. The average molecular weight is 1320 g/mol. The van der Waals surface area contributed by atoms with Crippen LogP contribution in [0.5, 0.6) is 0 Å². The SMILES string of the molecule is CC1(C)c2ccccc2-c2ccc(-c3nc(-c4ccccc4)cc(-c4cccc(-n5c6ccccc6c6c7oc8ccccc8c7ccc65)c4)n3)cc21.c1ccc(-c2ccc(-c3nc(-c4ccccc4)cc(-c4cccc(-n5c6ccccc6c6c7oc8ccccc8c7ccc65)c4)n3)cc2)cc1. The second kappa shape index (κ2) is 23.8. The molecule has 484 valence electrons. The van der Waals surface area contributed by atoms with E-state index in [1.54, 1.807) is 0 Å². The average Bonchev–Trinajstić information content (AvgIpc) is 1.58. The highest BCUT2D eigenvalue weighted by molar-refractivity contribution is 6.25. The van der Waals surface area contributed by atoms with Crippen LogP contribution in [-0.4, -0.2) is 29.1 Å². The van der Waals surface area contributed by atoms with Crippen molar-refractivity contribution in [2.75, 3.05) is 0 Å². The highest BCUT2D eigenvalue weighted by Crippen LogP contribution is 2.50. The van der Waals surface area contributed by atoms with Gasteiger partial charge in [0.05, 0.1) is 55.6 Å². The van der Waals surface area contributed by atoms with Crippen molar-refractivity contribution in [1.29, 1.82) is 0 Å². The summed E-state index contributed by atoms with van der Waals surface area (Å²) in [4.78, 5) is 20.7. The van der Waals surface area contributed by atoms with E-state index in [1.807, 2.05) is 54.6 Å². The lowest BCUT2D eigenvalue weighted by Crippen LogP contribution is -2.15. The Morgan fingerprint density at radius 3 is 1.17 bits per heavy atom. The number of nitrogens with zero attached hydrogens (tertiary/aromatic N) is 6. The molecule has 21 rings (SSSR count). The smallest absolute Gasteiger partial charge is 0.160 e. The lowest BCUT2D eigenvalue weighted by atomic mass is 9.82. The molecule has 6 aromatic heterocycles. The van der Waals surface area contributed by atoms with Gasteiger partial charge in [0.2, 0.25) is 0 Å². The lowest BCUT2D eigenvalue weighted by Gasteiger charge is -2.21. The van der Waals surface area contributed by atoms with Crippen LogP contribution in [0.4, 0.5) is 0 Å². The first-order valence-corrected chi connectivity index (χ1v) is 35.0. The van der Waals surface area contributed by atoms with Crippen molar-refractivity contribution >= 4 is 87.5 Å². The van der Waals surface area contributed by atoms with E-state index in [-0.39, 0.29) is 5.41 Å². The standard InChI is InChI=1S/C49H33N3O.C46H29N3O/c1-49(2)39-20-9-6-17-34(39)35-24-23-32(28-40(35)49)48-50-41(30-13-4-3-5-14-30)29-42(51-48)31-15-12-16-33(27-31)52-43-21-10-7-19-38(43)46-44(52)26-25-37-36-18-8-11-22-45(36)53-47(37)46;1-3-12-30(13-4-1)31-22-24-33(25-23-31)46-47-39(32-14-5-2-6-15-32)29-40(48-46)34-16-11-17-35(28-34)49-41-20-9-7-19-38(41)44-42(49)27-26-37-36-18-8-10-21-43(36)50-45(37)44/h3-29H,1-2H3;1-29H. The second-order valence-corrected chi connectivity index (χ2v) is 27.2. The molecule has 1 aliphatic rings. The van der Waals surface area contributed by atoms with Gasteiger partial charge in [-0.25, -0.2) is 19.9 Å². The molecule has 1 aliphatic carbocycles. The second-order valence-electron chi connectivity index (χ2n) is 27.2. The van der Waals surface area contributed by atoms with Crippen molar-refractivity contribution in [3.63, 3.8) is 0 Å². The van der Waals surface area contributed by atoms with Gasteiger partial charge in [0.1, 0.15) is 22.3 Å². The maximum absolute atomic E-state index is 6.56. The maximum Gasteiger partial charge on any atom is 0.160 e. The third-order valence-electron chi connectivity index (χ3n) is 20.8. The zero-order valence-corrected chi connectivity index (χ0v) is 56.3. The van der Waals surface area contributed by atoms with Gasteiger partial charge in [0.25, 0.3) is 0 Å². The van der Waals surface area contributed by atoms with E-state index in [2.05, 4.69) is 308 Å². The molecule has 20 aromatic rings. The predicted octanol–water partition coefficient (Wildman–Crippen LogP) is 24.9. The van der Waals surface area contributed by atoms with Crippen LogP contribution in [0, 0.1) is 0 Å². The summed E-state index contributed by atoms with van der Waals surface area (Å²) < 4.78 is 17.8. The van der Waals surface area contributed by atoms with Gasteiger partial charge >= 0.3 is 0 Å². The number of aromatic nitrogens is 6. The Balaban J connectivity index is 0.000000138. The number of rotatable bonds is 9. The summed E-state index contributed by atoms with van der Waals surface area (Å²) in [7, 11) is 0. The molecule has 0 unspecified atom stereocenters. The van der Waals surface area contributed by atoms with E-state index in [0.717, 1.165) is 161 Å². The minimum absolute atomic E-state index is 0.119. The molecule has 8 nitrogen and oxygen atoms in total. The molecule has 0 N–H and O–H groups in total. The fourth-order valence-electron chi connectivity index (χ4n) is 15.9. The van der Waals surface area contributed by atoms with Crippen LogP contribution in [0.1, 0.15) is 25.0 Å². The van der Waals surface area contributed by atoms with Crippen LogP contribution in [0.25, 0.3) is 189 Å². The highest BCUT2D eigenvalue weighted by Gasteiger charge is 2.36. The molecule has 0 fully saturated rings. The van der Waals surface area contributed by atoms with E-state index in [1.165, 1.54) is 27.8 Å². The molecule has 0 radical (unpaired) electrons. The normalized spacial score (nSPS) is 12.4. The van der Waals surface area contributed by atoms with E-state index >= 15 is 0 Å². The molecule has 0 aliphatic heterocycles. The first-order valence-electron chi connectivity index (χ1n) is 35.0. The number of hydrogen-bond acceptors (Lipinski definition) is 6. The van der Waals surface area contributed by atoms with Crippen LogP contribution in [0.2, 0.25) is 0 Å². The van der Waals surface area contributed by atoms with Gasteiger partial charge in [-0.15, -0.1) is 0 Å². The Bertz CT molecular complexity index is 6760. The van der Waals surface area contributed by atoms with Gasteiger partial charge in [-0.2, -0.15) is 0 Å². The summed E-state index contributed by atoms with van der Waals surface area (Å²) in [6, 6.07) is 119. The van der Waals surface area contributed by atoms with E-state index in [9.17, 15) is 0 Å². The largest absolute Gasteiger partial charge is 0.455 e. The molecule has 0 amide bonds. The molecule has 103 heavy (non-hydrogen) atoms. The molecule has 0 saturated carbocycles. The molecule has 0 bridgehead atoms. The molecular formula is C95H62N6O2. The third-order valence-corrected chi connectivity index (χ3v) is 20.8. The van der Waals surface area contributed by atoms with Crippen molar-refractivity contribution in [2.24, 2.45) is 0 Å². The van der Waals surface area contributed by atoms with E-state index in [0.29, 0.717) is 11.6 Å². The zero-order valence-electron chi connectivity index (χ0n) is 56.3. The molecule has 0 atom stereocenters. The zero-order chi connectivity index (χ0) is 68.3. The predicted molar refractivity (Wildman–Crippen MR) is 423 cm³/mol. The van der Waals surface area contributed by atoms with Gasteiger partial charge in [-0.05, 0) is 124 Å². The molecule has 0 saturated heterocycles. The molecular weight excluding hydrogens is 1260 g/mol. The topological polar surface area (TPSA) is 87.7 Å². The Hall–Kier alpha value is -13.6. The summed E-state index contributed by atoms with van der Waals surface area (Å²) in [6.07, 6.45) is 0. The van der Waals surface area contributed by atoms with Gasteiger partial charge in [0, 0.05) is 82.5 Å². The minimum Gasteiger partial charge on any atom is -0.455 e. The van der Waals surface area contributed by atoms with Crippen LogP contribution in [0.15, 0.2) is 349 Å². The van der Waals surface area contributed by atoms with E-state index < -0.39 is 0 Å². The summed E-state index contributed by atoms with van der Waals surface area (Å²) in [6.45, 7) is 4.63. The Kier molecular flexibility index (Phi) is 13.8. The first kappa shape index (κ1) is 59.5. The number of furan rings is 2. The quantitative estimate of drug-likeness (QED) is 0.143. The monoisotopic (exact) mass is 1320 g/mol. The van der Waals surface area contributed by atoms with Crippen LogP contribution in [-0.2, 0) is 5.41 Å². The van der Waals surface area contributed by atoms with Crippen LogP contribution in [0.3, 0.4) is 0 Å². The maximum atomic E-state index is 6.56. The van der Waals surface area contributed by atoms with Gasteiger partial charge in [-0.3, -0.25) is 0 Å². The number of hydrogen-bond donors (Lipinski definition) is 0. The minimum atomic E-state index is -0.119. The van der Waals surface area contributed by atoms with Crippen molar-refractivity contribution in [3.8, 4) is 101 Å². The number of benzene rings is 14. The Morgan fingerprint density at radius 2 is 0.641 bits per heavy atom. The van der Waals surface area contributed by atoms with E-state index in [4.69, 9.17) is 28.8 Å². The Labute approximate surface area is 593 Å². The molecule has 6 heterocycles. The summed E-state index contributed by atoms with van der Waals surface area (Å²) in [5.74, 6) is 1.40. The van der Waals surface area contributed by atoms with Crippen molar-refractivity contribution in [3.05, 3.63) is 351 Å². The van der Waals surface area contributed by atoms with Crippen LogP contribution < -0.4 is 0 Å². The molecule has 0 spiro atoms. The van der Waals surface area contributed by atoms with Crippen molar-refractivity contribution < 1.29 is 8.83 Å².